The first-order chi connectivity index (χ1) is 9.08. The summed E-state index contributed by atoms with van der Waals surface area (Å²) in [6, 6.07) is 1.28. The third-order valence-corrected chi connectivity index (χ3v) is 4.91. The molecule has 0 radical (unpaired) electrons. The fraction of sp³-hybridized carbons (Fsp3) is 0.364. The van der Waals surface area contributed by atoms with Crippen molar-refractivity contribution < 1.29 is 32.2 Å². The molecule has 6 nitrogen and oxygen atoms in total. The third kappa shape index (κ3) is 2.17. The number of aryl methyl sites for hydroxylation is 1. The van der Waals surface area contributed by atoms with E-state index in [1.165, 1.54) is 6.92 Å². The molecule has 1 aromatic rings. The summed E-state index contributed by atoms with van der Waals surface area (Å²) >= 11 is 0. The summed E-state index contributed by atoms with van der Waals surface area (Å²) in [6.07, 6.45) is 0. The van der Waals surface area contributed by atoms with Crippen molar-refractivity contribution in [3.8, 4) is 0 Å². The van der Waals surface area contributed by atoms with E-state index in [0.29, 0.717) is 10.4 Å². The number of benzene rings is 1. The van der Waals surface area contributed by atoms with Gasteiger partial charge in [-0.3, -0.25) is 0 Å². The van der Waals surface area contributed by atoms with Gasteiger partial charge in [0.15, 0.2) is 5.60 Å². The van der Waals surface area contributed by atoms with Gasteiger partial charge >= 0.3 is 5.97 Å². The zero-order chi connectivity index (χ0) is 15.3. The number of rotatable bonds is 3. The highest BCUT2D eigenvalue weighted by Crippen LogP contribution is 2.30. The molecule has 0 aliphatic carbocycles. The largest absolute Gasteiger partial charge is 0.479 e. The molecule has 0 amide bonds. The van der Waals surface area contributed by atoms with Crippen molar-refractivity contribution in [3.05, 3.63) is 29.3 Å². The van der Waals surface area contributed by atoms with Gasteiger partial charge in [-0.15, -0.1) is 0 Å². The lowest BCUT2D eigenvalue weighted by molar-refractivity contribution is -0.170. The summed E-state index contributed by atoms with van der Waals surface area (Å²) in [5.41, 5.74) is -2.24. The first-order valence-corrected chi connectivity index (χ1v) is 6.93. The van der Waals surface area contributed by atoms with E-state index in [1.54, 1.807) is 0 Å². The molecule has 9 heteroatoms. The van der Waals surface area contributed by atoms with Crippen molar-refractivity contribution in [2.75, 3.05) is 13.1 Å². The Labute approximate surface area is 113 Å². The van der Waals surface area contributed by atoms with E-state index in [2.05, 4.69) is 0 Å². The summed E-state index contributed by atoms with van der Waals surface area (Å²) in [4.78, 5) is 9.79. The third-order valence-electron chi connectivity index (χ3n) is 3.10. The molecule has 0 unspecified atom stereocenters. The van der Waals surface area contributed by atoms with E-state index in [9.17, 15) is 27.1 Å². The molecule has 0 spiro atoms. The standard InChI is InChI=1S/C11H11F2NO5S/c1-6-2-8(13)9(3-7(6)12)20(18,19)14-4-11(17,5-14)10(15)16/h2-3,17H,4-5H2,1H3,(H,15,16). The van der Waals surface area contributed by atoms with Crippen molar-refractivity contribution in [1.82, 2.24) is 4.31 Å². The second-order valence-electron chi connectivity index (χ2n) is 4.64. The predicted molar refractivity (Wildman–Crippen MR) is 62.4 cm³/mol. The predicted octanol–water partition coefficient (Wildman–Crippen LogP) is 0.0932. The molecule has 1 heterocycles. The lowest BCUT2D eigenvalue weighted by Gasteiger charge is -2.41. The molecule has 0 bridgehead atoms. The highest BCUT2D eigenvalue weighted by atomic mass is 32.2. The molecule has 20 heavy (non-hydrogen) atoms. The highest BCUT2D eigenvalue weighted by Gasteiger charge is 2.53. The smallest absolute Gasteiger partial charge is 0.338 e. The first-order valence-electron chi connectivity index (χ1n) is 5.49. The number of halogens is 2. The second kappa shape index (κ2) is 4.47. The van der Waals surface area contributed by atoms with Gasteiger partial charge in [-0.1, -0.05) is 0 Å². The van der Waals surface area contributed by atoms with Gasteiger partial charge in [0.05, 0.1) is 13.1 Å². The highest BCUT2D eigenvalue weighted by molar-refractivity contribution is 7.89. The Morgan fingerprint density at radius 1 is 1.30 bits per heavy atom. The van der Waals surface area contributed by atoms with Gasteiger partial charge in [0.1, 0.15) is 16.5 Å². The van der Waals surface area contributed by atoms with Gasteiger partial charge in [0.2, 0.25) is 10.0 Å². The molecule has 1 fully saturated rings. The summed E-state index contributed by atoms with van der Waals surface area (Å²) in [6.45, 7) is -0.138. The van der Waals surface area contributed by atoms with Crippen molar-refractivity contribution in [1.29, 1.82) is 0 Å². The molecule has 1 aliphatic heterocycles. The van der Waals surface area contributed by atoms with Gasteiger partial charge in [0, 0.05) is 0 Å². The van der Waals surface area contributed by atoms with Crippen molar-refractivity contribution in [2.24, 2.45) is 0 Å². The minimum Gasteiger partial charge on any atom is -0.479 e. The molecule has 1 saturated heterocycles. The number of aliphatic carboxylic acids is 1. The van der Waals surface area contributed by atoms with E-state index in [0.717, 1.165) is 6.07 Å². The van der Waals surface area contributed by atoms with Crippen LogP contribution in [0, 0.1) is 18.6 Å². The van der Waals surface area contributed by atoms with E-state index in [4.69, 9.17) is 5.11 Å². The van der Waals surface area contributed by atoms with Crippen LogP contribution in [-0.2, 0) is 14.8 Å². The van der Waals surface area contributed by atoms with Crippen molar-refractivity contribution >= 4 is 16.0 Å². The van der Waals surface area contributed by atoms with Gasteiger partial charge in [-0.05, 0) is 24.6 Å². The maximum atomic E-state index is 13.6. The van der Waals surface area contributed by atoms with Gasteiger partial charge in [-0.25, -0.2) is 22.0 Å². The Bertz CT molecular complexity index is 682. The molecular weight excluding hydrogens is 296 g/mol. The number of carbonyl (C=O) groups is 1. The summed E-state index contributed by atoms with van der Waals surface area (Å²) in [5, 5.41) is 18.1. The molecule has 2 rings (SSSR count). The molecule has 0 aromatic heterocycles. The number of sulfonamides is 1. The van der Waals surface area contributed by atoms with E-state index < -0.39 is 51.2 Å². The summed E-state index contributed by atoms with van der Waals surface area (Å²) in [7, 11) is -4.38. The monoisotopic (exact) mass is 307 g/mol. The van der Waals surface area contributed by atoms with Crippen LogP contribution in [0.3, 0.4) is 0 Å². The zero-order valence-corrected chi connectivity index (χ0v) is 11.1. The van der Waals surface area contributed by atoms with Crippen LogP contribution >= 0.6 is 0 Å². The van der Waals surface area contributed by atoms with Crippen LogP contribution in [0.5, 0.6) is 0 Å². The van der Waals surface area contributed by atoms with Crippen LogP contribution < -0.4 is 0 Å². The molecule has 0 atom stereocenters. The zero-order valence-electron chi connectivity index (χ0n) is 10.3. The first kappa shape index (κ1) is 14.8. The Morgan fingerprint density at radius 2 is 1.85 bits per heavy atom. The van der Waals surface area contributed by atoms with Crippen LogP contribution in [0.4, 0.5) is 8.78 Å². The number of hydrogen-bond acceptors (Lipinski definition) is 4. The molecule has 2 N–H and O–H groups in total. The molecule has 0 saturated carbocycles. The average Bonchev–Trinajstić information content (AvgIpc) is 2.29. The Hall–Kier alpha value is -1.58. The van der Waals surface area contributed by atoms with Crippen LogP contribution in [0.15, 0.2) is 17.0 Å². The van der Waals surface area contributed by atoms with Gasteiger partial charge in [-0.2, -0.15) is 4.31 Å². The van der Waals surface area contributed by atoms with Crippen LogP contribution in [0.1, 0.15) is 5.56 Å². The maximum absolute atomic E-state index is 13.6. The quantitative estimate of drug-likeness (QED) is 0.825. The molecule has 1 aliphatic rings. The van der Waals surface area contributed by atoms with E-state index in [-0.39, 0.29) is 5.56 Å². The van der Waals surface area contributed by atoms with Crippen molar-refractivity contribution in [3.63, 3.8) is 0 Å². The van der Waals surface area contributed by atoms with Gasteiger partial charge < -0.3 is 10.2 Å². The van der Waals surface area contributed by atoms with Gasteiger partial charge in [0.25, 0.3) is 0 Å². The number of aliphatic hydroxyl groups is 1. The normalized spacial score (nSPS) is 18.6. The summed E-state index contributed by atoms with van der Waals surface area (Å²) < 4.78 is 51.6. The van der Waals surface area contributed by atoms with Crippen LogP contribution in [0.25, 0.3) is 0 Å². The number of β-amino-alcohol motifs (C(OH)–C–C–N with tert-alkyl or cyclic N) is 1. The van der Waals surface area contributed by atoms with Crippen LogP contribution in [-0.4, -0.2) is 47.6 Å². The molecule has 1 aromatic carbocycles. The van der Waals surface area contributed by atoms with E-state index >= 15 is 0 Å². The number of carboxylic acid groups (broad SMARTS) is 1. The Kier molecular flexibility index (Phi) is 3.31. The number of nitrogens with zero attached hydrogens (tertiary/aromatic N) is 1. The molecular formula is C11H11F2NO5S. The molecule has 110 valence electrons. The maximum Gasteiger partial charge on any atom is 0.338 e. The number of hydrogen-bond donors (Lipinski definition) is 2. The van der Waals surface area contributed by atoms with E-state index in [1.807, 2.05) is 0 Å². The Morgan fingerprint density at radius 3 is 2.35 bits per heavy atom. The lowest BCUT2D eigenvalue weighted by atomic mass is 9.98. The average molecular weight is 307 g/mol. The van der Waals surface area contributed by atoms with Crippen LogP contribution in [0.2, 0.25) is 0 Å². The number of carboxylic acids is 1. The SMILES string of the molecule is Cc1cc(F)c(S(=O)(=O)N2CC(O)(C(=O)O)C2)cc1F. The minimum atomic E-state index is -4.38. The summed E-state index contributed by atoms with van der Waals surface area (Å²) in [5.74, 6) is -3.59. The minimum absolute atomic E-state index is 0.0490. The fourth-order valence-electron chi connectivity index (χ4n) is 1.81. The fourth-order valence-corrected chi connectivity index (χ4v) is 3.41. The van der Waals surface area contributed by atoms with Crippen molar-refractivity contribution in [2.45, 2.75) is 17.4 Å². The second-order valence-corrected chi connectivity index (χ2v) is 6.55. The topological polar surface area (TPSA) is 94.9 Å². The lowest BCUT2D eigenvalue weighted by Crippen LogP contribution is -2.67. The Balaban J connectivity index is 2.35.